The Morgan fingerprint density at radius 1 is 0.967 bits per heavy atom. The number of thioether (sulfide) groups is 1. The van der Waals surface area contributed by atoms with Gasteiger partial charge in [0.1, 0.15) is 6.04 Å². The number of aryl methyl sites for hydroxylation is 2. The molecule has 2 aromatic carbocycles. The van der Waals surface area contributed by atoms with E-state index in [0.717, 1.165) is 23.3 Å². The summed E-state index contributed by atoms with van der Waals surface area (Å²) in [6, 6.07) is 15.9. The Hall–Kier alpha value is -2.27. The molecule has 1 N–H and O–H groups in total. The Kier molecular flexibility index (Phi) is 9.95. The first-order valence-corrected chi connectivity index (χ1v) is 11.7. The van der Waals surface area contributed by atoms with Crippen LogP contribution < -0.4 is 5.32 Å². The van der Waals surface area contributed by atoms with E-state index < -0.39 is 6.04 Å². The van der Waals surface area contributed by atoms with Gasteiger partial charge in [0.05, 0.1) is 5.75 Å². The summed E-state index contributed by atoms with van der Waals surface area (Å²) < 4.78 is 0. The van der Waals surface area contributed by atoms with Crippen LogP contribution in [0.15, 0.2) is 53.4 Å². The zero-order valence-corrected chi connectivity index (χ0v) is 19.4. The largest absolute Gasteiger partial charge is 0.354 e. The summed E-state index contributed by atoms with van der Waals surface area (Å²) in [4.78, 5) is 28.9. The second kappa shape index (κ2) is 12.4. The molecule has 0 bridgehead atoms. The van der Waals surface area contributed by atoms with E-state index in [1.165, 1.54) is 22.9 Å². The summed E-state index contributed by atoms with van der Waals surface area (Å²) in [6.45, 7) is 9.24. The van der Waals surface area contributed by atoms with E-state index in [9.17, 15) is 9.59 Å². The minimum atomic E-state index is -0.464. The number of nitrogens with one attached hydrogen (secondary N) is 1. The molecule has 5 heteroatoms. The fraction of sp³-hybridized carbons (Fsp3) is 0.440. The Balaban J connectivity index is 2.15. The highest BCUT2D eigenvalue weighted by molar-refractivity contribution is 8.00. The van der Waals surface area contributed by atoms with Gasteiger partial charge in [-0.1, -0.05) is 67.8 Å². The van der Waals surface area contributed by atoms with Gasteiger partial charge < -0.3 is 10.2 Å². The van der Waals surface area contributed by atoms with Crippen LogP contribution in [0.3, 0.4) is 0 Å². The van der Waals surface area contributed by atoms with Crippen molar-refractivity contribution in [2.24, 2.45) is 0 Å². The zero-order valence-electron chi connectivity index (χ0n) is 18.6. The molecule has 2 rings (SSSR count). The van der Waals surface area contributed by atoms with Crippen LogP contribution in [0.4, 0.5) is 0 Å². The highest BCUT2D eigenvalue weighted by Gasteiger charge is 2.28. The molecule has 0 unspecified atom stereocenters. The third kappa shape index (κ3) is 7.52. The first-order valence-electron chi connectivity index (χ1n) is 10.8. The quantitative estimate of drug-likeness (QED) is 0.401. The summed E-state index contributed by atoms with van der Waals surface area (Å²) in [6.07, 6.45) is 2.55. The van der Waals surface area contributed by atoms with Crippen LogP contribution in [-0.2, 0) is 16.1 Å². The van der Waals surface area contributed by atoms with Crippen LogP contribution in [-0.4, -0.2) is 35.1 Å². The van der Waals surface area contributed by atoms with Gasteiger partial charge >= 0.3 is 0 Å². The van der Waals surface area contributed by atoms with E-state index >= 15 is 0 Å². The average molecular weight is 427 g/mol. The standard InChI is InChI=1S/C25H34N2O2S/c1-5-7-16-26-25(29)23(6-2)27(17-21-12-8-19(3)9-13-21)24(28)18-30-22-14-10-20(4)11-15-22/h8-15,23H,5-7,16-18H2,1-4H3,(H,26,29)/t23-/m0/s1. The van der Waals surface area contributed by atoms with Crippen LogP contribution in [0.2, 0.25) is 0 Å². The minimum Gasteiger partial charge on any atom is -0.354 e. The van der Waals surface area contributed by atoms with E-state index in [0.29, 0.717) is 25.3 Å². The first-order chi connectivity index (χ1) is 14.4. The number of hydrogen-bond acceptors (Lipinski definition) is 3. The van der Waals surface area contributed by atoms with E-state index in [2.05, 4.69) is 12.2 Å². The van der Waals surface area contributed by atoms with Gasteiger partial charge in [0, 0.05) is 18.0 Å². The molecule has 0 fully saturated rings. The Bertz CT molecular complexity index is 803. The van der Waals surface area contributed by atoms with Gasteiger partial charge in [-0.05, 0) is 44.4 Å². The van der Waals surface area contributed by atoms with Crippen molar-refractivity contribution in [1.82, 2.24) is 10.2 Å². The lowest BCUT2D eigenvalue weighted by Crippen LogP contribution is -2.49. The highest BCUT2D eigenvalue weighted by Crippen LogP contribution is 2.21. The maximum Gasteiger partial charge on any atom is 0.242 e. The predicted octanol–water partition coefficient (Wildman–Crippen LogP) is 5.12. The van der Waals surface area contributed by atoms with Gasteiger partial charge in [0.25, 0.3) is 0 Å². The number of hydrogen-bond donors (Lipinski definition) is 1. The van der Waals surface area contributed by atoms with E-state index in [1.807, 2.05) is 69.3 Å². The van der Waals surface area contributed by atoms with Gasteiger partial charge in [0.15, 0.2) is 0 Å². The van der Waals surface area contributed by atoms with Crippen molar-refractivity contribution in [2.75, 3.05) is 12.3 Å². The first kappa shape index (κ1) is 24.0. The monoisotopic (exact) mass is 426 g/mol. The molecule has 30 heavy (non-hydrogen) atoms. The summed E-state index contributed by atoms with van der Waals surface area (Å²) >= 11 is 1.52. The van der Waals surface area contributed by atoms with Crippen LogP contribution >= 0.6 is 11.8 Å². The molecule has 162 valence electrons. The lowest BCUT2D eigenvalue weighted by molar-refractivity contribution is -0.139. The molecular formula is C25H34N2O2S. The lowest BCUT2D eigenvalue weighted by Gasteiger charge is -2.30. The zero-order chi connectivity index (χ0) is 21.9. The highest BCUT2D eigenvalue weighted by atomic mass is 32.2. The number of rotatable bonds is 11. The number of carbonyl (C=O) groups is 2. The van der Waals surface area contributed by atoms with Crippen molar-refractivity contribution in [2.45, 2.75) is 64.4 Å². The van der Waals surface area contributed by atoms with E-state index in [1.54, 1.807) is 4.90 Å². The van der Waals surface area contributed by atoms with Crippen LogP contribution in [0.1, 0.15) is 49.8 Å². The van der Waals surface area contributed by atoms with E-state index in [4.69, 9.17) is 0 Å². The summed E-state index contributed by atoms with van der Waals surface area (Å²) in [5.41, 5.74) is 3.41. The molecule has 0 heterocycles. The smallest absolute Gasteiger partial charge is 0.242 e. The van der Waals surface area contributed by atoms with Gasteiger partial charge in [-0.3, -0.25) is 9.59 Å². The summed E-state index contributed by atoms with van der Waals surface area (Å²) in [7, 11) is 0. The van der Waals surface area contributed by atoms with Crippen molar-refractivity contribution in [1.29, 1.82) is 0 Å². The van der Waals surface area contributed by atoms with Crippen LogP contribution in [0.5, 0.6) is 0 Å². The molecule has 1 atom stereocenters. The van der Waals surface area contributed by atoms with Gasteiger partial charge in [-0.25, -0.2) is 0 Å². The molecule has 4 nitrogen and oxygen atoms in total. The summed E-state index contributed by atoms with van der Waals surface area (Å²) in [5, 5.41) is 3.01. The molecule has 2 amide bonds. The molecule has 0 saturated carbocycles. The fourth-order valence-corrected chi connectivity index (χ4v) is 3.96. The molecule has 2 aromatic rings. The molecular weight excluding hydrogens is 392 g/mol. The second-order valence-corrected chi connectivity index (χ2v) is 8.73. The molecule has 0 radical (unpaired) electrons. The molecule has 0 aromatic heterocycles. The topological polar surface area (TPSA) is 49.4 Å². The maximum absolute atomic E-state index is 13.2. The molecule has 0 aliphatic heterocycles. The summed E-state index contributed by atoms with van der Waals surface area (Å²) in [5.74, 6) is 0.235. The Morgan fingerprint density at radius 3 is 2.13 bits per heavy atom. The van der Waals surface area contributed by atoms with Crippen molar-refractivity contribution >= 4 is 23.6 Å². The van der Waals surface area contributed by atoms with Crippen molar-refractivity contribution in [3.05, 3.63) is 65.2 Å². The molecule has 0 spiro atoms. The van der Waals surface area contributed by atoms with Crippen molar-refractivity contribution < 1.29 is 9.59 Å². The van der Waals surface area contributed by atoms with Crippen molar-refractivity contribution in [3.63, 3.8) is 0 Å². The number of unbranched alkanes of at least 4 members (excludes halogenated alkanes) is 1. The lowest BCUT2D eigenvalue weighted by atomic mass is 10.1. The minimum absolute atomic E-state index is 0.0151. The number of nitrogens with zero attached hydrogens (tertiary/aromatic N) is 1. The predicted molar refractivity (Wildman–Crippen MR) is 126 cm³/mol. The number of benzene rings is 2. The van der Waals surface area contributed by atoms with Gasteiger partial charge in [-0.2, -0.15) is 0 Å². The second-order valence-electron chi connectivity index (χ2n) is 7.68. The molecule has 0 saturated heterocycles. The third-order valence-corrected chi connectivity index (χ3v) is 6.07. The normalized spacial score (nSPS) is 11.7. The Morgan fingerprint density at radius 2 is 1.57 bits per heavy atom. The Labute approximate surface area is 185 Å². The van der Waals surface area contributed by atoms with Crippen LogP contribution in [0, 0.1) is 13.8 Å². The average Bonchev–Trinajstić information content (AvgIpc) is 2.74. The number of carbonyl (C=O) groups excluding carboxylic acids is 2. The molecule has 0 aliphatic carbocycles. The van der Waals surface area contributed by atoms with Gasteiger partial charge in [0.2, 0.25) is 11.8 Å². The van der Waals surface area contributed by atoms with E-state index in [-0.39, 0.29) is 11.8 Å². The number of amides is 2. The van der Waals surface area contributed by atoms with Crippen molar-refractivity contribution in [3.8, 4) is 0 Å². The maximum atomic E-state index is 13.2. The fourth-order valence-electron chi connectivity index (χ4n) is 3.18. The molecule has 0 aliphatic rings. The third-order valence-electron chi connectivity index (χ3n) is 5.07. The SMILES string of the molecule is CCCCNC(=O)[C@H](CC)N(Cc1ccc(C)cc1)C(=O)CSc1ccc(C)cc1. The van der Waals surface area contributed by atoms with Crippen LogP contribution in [0.25, 0.3) is 0 Å². The van der Waals surface area contributed by atoms with Gasteiger partial charge in [-0.15, -0.1) is 11.8 Å².